The lowest BCUT2D eigenvalue weighted by molar-refractivity contribution is -0.177. The fourth-order valence-electron chi connectivity index (χ4n) is 9.01. The Morgan fingerprint density at radius 3 is 2.61 bits per heavy atom. The molecule has 1 amide bonds. The zero-order valence-electron chi connectivity index (χ0n) is 31.5. The summed E-state index contributed by atoms with van der Waals surface area (Å²) in [5, 5.41) is 1.40. The number of amides is 1. The number of ether oxygens (including phenoxy) is 3. The lowest BCUT2D eigenvalue weighted by Crippen LogP contribution is -2.55. The highest BCUT2D eigenvalue weighted by Crippen LogP contribution is 2.44. The summed E-state index contributed by atoms with van der Waals surface area (Å²) in [6.07, 6.45) is 4.84. The van der Waals surface area contributed by atoms with E-state index in [0.717, 1.165) is 12.8 Å². The Hall–Kier alpha value is -4.81. The molecule has 2 aromatic carbocycles. The SMILES string of the molecule is C#Cc1c(F)ccc2cccc(-c3nc4c5c(nc(OC[C@@]67CCCN6[C@H](COCC(F)(F)F)CC7)nc5c3F)N3CCN(C(=O)OC(C)(C)C)C[C@H]3CC4)c12. The molecular weight excluding hydrogens is 735 g/mol. The van der Waals surface area contributed by atoms with Crippen molar-refractivity contribution in [2.45, 2.75) is 88.7 Å². The molecule has 3 atom stereocenters. The van der Waals surface area contributed by atoms with Crippen molar-refractivity contribution < 1.29 is 41.0 Å². The van der Waals surface area contributed by atoms with Crippen LogP contribution in [0.2, 0.25) is 0 Å². The van der Waals surface area contributed by atoms with Gasteiger partial charge in [-0.1, -0.05) is 30.2 Å². The van der Waals surface area contributed by atoms with Gasteiger partial charge in [-0.2, -0.15) is 23.1 Å². The number of halogens is 5. The average molecular weight is 779 g/mol. The quantitative estimate of drug-likeness (QED) is 0.140. The van der Waals surface area contributed by atoms with Gasteiger partial charge in [-0.15, -0.1) is 6.42 Å². The number of carbonyl (C=O) groups is 1. The predicted octanol–water partition coefficient (Wildman–Crippen LogP) is 7.43. The van der Waals surface area contributed by atoms with Crippen LogP contribution in [0.15, 0.2) is 30.3 Å². The van der Waals surface area contributed by atoms with Crippen molar-refractivity contribution in [2.75, 3.05) is 50.9 Å². The van der Waals surface area contributed by atoms with Gasteiger partial charge in [0, 0.05) is 42.7 Å². The van der Waals surface area contributed by atoms with Crippen LogP contribution in [0.1, 0.15) is 64.1 Å². The Bertz CT molecular complexity index is 2240. The molecule has 0 spiro atoms. The Morgan fingerprint density at radius 1 is 1.02 bits per heavy atom. The first-order valence-electron chi connectivity index (χ1n) is 19.0. The molecule has 3 fully saturated rings. The van der Waals surface area contributed by atoms with Crippen molar-refractivity contribution in [3.8, 4) is 29.6 Å². The Balaban J connectivity index is 1.19. The number of aryl methyl sites for hydroxylation is 1. The number of piperazine rings is 1. The molecule has 0 N–H and O–H groups in total. The first kappa shape index (κ1) is 38.1. The van der Waals surface area contributed by atoms with E-state index in [1.807, 2.05) is 20.8 Å². The van der Waals surface area contributed by atoms with Crippen LogP contribution >= 0.6 is 0 Å². The highest BCUT2D eigenvalue weighted by atomic mass is 19.4. The van der Waals surface area contributed by atoms with E-state index in [2.05, 4.69) is 15.7 Å². The summed E-state index contributed by atoms with van der Waals surface area (Å²) < 4.78 is 88.0. The first-order valence-corrected chi connectivity index (χ1v) is 19.0. The Labute approximate surface area is 321 Å². The summed E-state index contributed by atoms with van der Waals surface area (Å²) in [4.78, 5) is 33.6. The number of terminal acetylenes is 1. The molecule has 0 aliphatic carbocycles. The molecular formula is C41H43F5N6O4. The van der Waals surface area contributed by atoms with E-state index in [0.29, 0.717) is 85.1 Å². The number of aromatic nitrogens is 3. The third kappa shape index (κ3) is 7.06. The molecule has 0 bridgehead atoms. The van der Waals surface area contributed by atoms with Crippen LogP contribution in [-0.2, 0) is 15.9 Å². The maximum absolute atomic E-state index is 17.3. The van der Waals surface area contributed by atoms with Crippen LogP contribution in [0, 0.1) is 24.0 Å². The van der Waals surface area contributed by atoms with Crippen LogP contribution in [0.3, 0.4) is 0 Å². The normalized spacial score (nSPS) is 22.6. The van der Waals surface area contributed by atoms with Gasteiger partial charge in [-0.3, -0.25) is 4.90 Å². The van der Waals surface area contributed by atoms with Crippen molar-refractivity contribution in [1.29, 1.82) is 0 Å². The largest absolute Gasteiger partial charge is 0.461 e. The van der Waals surface area contributed by atoms with Gasteiger partial charge in [0.05, 0.1) is 28.8 Å². The van der Waals surface area contributed by atoms with Gasteiger partial charge in [-0.05, 0) is 77.3 Å². The van der Waals surface area contributed by atoms with E-state index >= 15 is 8.78 Å². The molecule has 0 radical (unpaired) electrons. The summed E-state index contributed by atoms with van der Waals surface area (Å²) in [7, 11) is 0. The van der Waals surface area contributed by atoms with Crippen LogP contribution < -0.4 is 9.64 Å². The maximum atomic E-state index is 17.3. The van der Waals surface area contributed by atoms with E-state index in [9.17, 15) is 18.0 Å². The molecule has 296 valence electrons. The second-order valence-electron chi connectivity index (χ2n) is 16.2. The molecule has 4 aromatic rings. The molecule has 0 saturated carbocycles. The molecule has 8 rings (SSSR count). The fraction of sp³-hybridized carbons (Fsp3) is 0.512. The summed E-state index contributed by atoms with van der Waals surface area (Å²) in [5.41, 5.74) is -0.334. The van der Waals surface area contributed by atoms with Gasteiger partial charge in [0.15, 0.2) is 5.82 Å². The minimum Gasteiger partial charge on any atom is -0.461 e. The second kappa shape index (κ2) is 14.3. The molecule has 10 nitrogen and oxygen atoms in total. The second-order valence-corrected chi connectivity index (χ2v) is 16.2. The number of pyridine rings is 1. The number of hydrogen-bond acceptors (Lipinski definition) is 9. The van der Waals surface area contributed by atoms with Gasteiger partial charge in [0.25, 0.3) is 0 Å². The monoisotopic (exact) mass is 778 g/mol. The minimum atomic E-state index is -4.41. The number of rotatable bonds is 7. The van der Waals surface area contributed by atoms with Crippen LogP contribution in [0.4, 0.5) is 32.6 Å². The molecule has 0 unspecified atom stereocenters. The van der Waals surface area contributed by atoms with Gasteiger partial charge < -0.3 is 24.0 Å². The van der Waals surface area contributed by atoms with Crippen LogP contribution in [0.5, 0.6) is 6.01 Å². The van der Waals surface area contributed by atoms with Gasteiger partial charge in [0.1, 0.15) is 41.7 Å². The topological polar surface area (TPSA) is 93.2 Å². The number of carbonyl (C=O) groups excluding carboxylic acids is 1. The van der Waals surface area contributed by atoms with Crippen molar-refractivity contribution >= 4 is 33.6 Å². The summed E-state index contributed by atoms with van der Waals surface area (Å²) in [5.74, 6) is 1.51. The Morgan fingerprint density at radius 2 is 1.84 bits per heavy atom. The van der Waals surface area contributed by atoms with Gasteiger partial charge in [0.2, 0.25) is 0 Å². The zero-order valence-corrected chi connectivity index (χ0v) is 31.5. The summed E-state index contributed by atoms with van der Waals surface area (Å²) >= 11 is 0. The third-order valence-corrected chi connectivity index (χ3v) is 11.4. The maximum Gasteiger partial charge on any atom is 0.411 e. The average Bonchev–Trinajstić information content (AvgIpc) is 3.67. The van der Waals surface area contributed by atoms with E-state index in [4.69, 9.17) is 35.6 Å². The van der Waals surface area contributed by atoms with E-state index in [1.165, 1.54) is 6.07 Å². The molecule has 4 aliphatic heterocycles. The van der Waals surface area contributed by atoms with Crippen molar-refractivity contribution in [3.63, 3.8) is 0 Å². The number of hydrogen-bond donors (Lipinski definition) is 0. The lowest BCUT2D eigenvalue weighted by Gasteiger charge is -2.41. The van der Waals surface area contributed by atoms with Gasteiger partial charge in [-0.25, -0.2) is 18.6 Å². The number of alkyl halides is 3. The lowest BCUT2D eigenvalue weighted by atomic mass is 9.95. The van der Waals surface area contributed by atoms with E-state index in [1.54, 1.807) is 29.2 Å². The molecule has 4 aliphatic rings. The van der Waals surface area contributed by atoms with Crippen molar-refractivity contribution in [1.82, 2.24) is 24.8 Å². The number of fused-ring (bicyclic) bond motifs is 4. The minimum absolute atomic E-state index is 0.00363. The number of benzene rings is 2. The first-order chi connectivity index (χ1) is 26.6. The summed E-state index contributed by atoms with van der Waals surface area (Å²) in [6.45, 7) is 5.98. The fourth-order valence-corrected chi connectivity index (χ4v) is 9.01. The number of nitrogens with zero attached hydrogens (tertiary/aromatic N) is 6. The smallest absolute Gasteiger partial charge is 0.411 e. The predicted molar refractivity (Wildman–Crippen MR) is 199 cm³/mol. The van der Waals surface area contributed by atoms with E-state index in [-0.39, 0.29) is 48.1 Å². The van der Waals surface area contributed by atoms with Crippen molar-refractivity contribution in [3.05, 3.63) is 53.2 Å². The third-order valence-electron chi connectivity index (χ3n) is 11.4. The molecule has 3 saturated heterocycles. The molecule has 6 heterocycles. The van der Waals surface area contributed by atoms with Crippen molar-refractivity contribution in [2.24, 2.45) is 0 Å². The van der Waals surface area contributed by atoms with E-state index < -0.39 is 41.7 Å². The highest BCUT2D eigenvalue weighted by molar-refractivity contribution is 6.02. The summed E-state index contributed by atoms with van der Waals surface area (Å²) in [6, 6.07) is 7.57. The standard InChI is InChI=1S/C41H43F5N6O4/c1-5-27-29(42)12-10-24-8-6-9-28(31(24)27)34-33(43)35-32-30(47-34)13-11-25-20-50(38(53)56-39(2,3)4)18-19-51(25)36(32)49-37(48-35)55-22-40-15-7-17-52(40)26(14-16-40)21-54-23-41(44,45)46/h1,6,8-10,12,25-26H,7,11,13-23H2,2-4H3/t25-,26+,40+/m1/s1. The molecule has 2 aromatic heterocycles. The van der Waals surface area contributed by atoms with Crippen LogP contribution in [0.25, 0.3) is 32.9 Å². The highest BCUT2D eigenvalue weighted by Gasteiger charge is 2.50. The molecule has 15 heteroatoms. The van der Waals surface area contributed by atoms with Crippen LogP contribution in [-0.4, -0.2) is 106 Å². The van der Waals surface area contributed by atoms with Gasteiger partial charge >= 0.3 is 18.3 Å². The number of anilines is 1. The Kier molecular flexibility index (Phi) is 9.72. The zero-order chi connectivity index (χ0) is 39.6. The molecule has 56 heavy (non-hydrogen) atoms.